The fraction of sp³-hybridized carbons (Fsp3) is 0.462. The van der Waals surface area contributed by atoms with Gasteiger partial charge in [-0.3, -0.25) is 4.79 Å². The summed E-state index contributed by atoms with van der Waals surface area (Å²) in [5.74, 6) is 0.995. The first-order chi connectivity index (χ1) is 7.22. The molecule has 0 N–H and O–H groups in total. The van der Waals surface area contributed by atoms with E-state index in [1.54, 1.807) is 0 Å². The lowest BCUT2D eigenvalue weighted by molar-refractivity contribution is -0.148. The van der Waals surface area contributed by atoms with Gasteiger partial charge in [0, 0.05) is 22.2 Å². The summed E-state index contributed by atoms with van der Waals surface area (Å²) in [6, 6.07) is 8.42. The smallest absolute Gasteiger partial charge is 0.140 e. The molecule has 2 fully saturated rings. The Morgan fingerprint density at radius 1 is 1.33 bits per heavy atom. The zero-order valence-electron chi connectivity index (χ0n) is 8.50. The van der Waals surface area contributed by atoms with E-state index in [4.69, 9.17) is 0 Å². The number of benzene rings is 1. The summed E-state index contributed by atoms with van der Waals surface area (Å²) in [4.78, 5) is 11.7. The first kappa shape index (κ1) is 9.59. The van der Waals surface area contributed by atoms with Crippen molar-refractivity contribution in [1.29, 1.82) is 0 Å². The van der Waals surface area contributed by atoms with Crippen LogP contribution in [0.5, 0.6) is 0 Å². The van der Waals surface area contributed by atoms with E-state index in [0.29, 0.717) is 11.7 Å². The van der Waals surface area contributed by atoms with Crippen molar-refractivity contribution < 1.29 is 4.79 Å². The Bertz CT molecular complexity index is 420. The summed E-state index contributed by atoms with van der Waals surface area (Å²) in [6.07, 6.45) is 4.22. The summed E-state index contributed by atoms with van der Waals surface area (Å²) < 4.78 is 1.12. The number of hydrogen-bond donors (Lipinski definition) is 0. The van der Waals surface area contributed by atoms with Crippen LogP contribution < -0.4 is 0 Å². The molecule has 1 atom stereocenters. The molecule has 1 unspecified atom stereocenters. The Kier molecular flexibility index (Phi) is 2.03. The first-order valence-electron chi connectivity index (χ1n) is 5.51. The second-order valence-corrected chi connectivity index (χ2v) is 5.66. The van der Waals surface area contributed by atoms with E-state index in [0.717, 1.165) is 23.7 Å². The van der Waals surface area contributed by atoms with Crippen LogP contribution in [-0.4, -0.2) is 5.78 Å². The van der Waals surface area contributed by atoms with Gasteiger partial charge in [0.15, 0.2) is 0 Å². The van der Waals surface area contributed by atoms with Crippen LogP contribution in [-0.2, 0) is 4.79 Å². The SMILES string of the molecule is O=C1CC(c2cccc(Br)c2)C12CCC2. The number of carbonyl (C=O) groups is 1. The lowest BCUT2D eigenvalue weighted by Crippen LogP contribution is -2.52. The molecule has 0 bridgehead atoms. The Balaban J connectivity index is 1.93. The van der Waals surface area contributed by atoms with Crippen LogP contribution in [0.4, 0.5) is 0 Å². The van der Waals surface area contributed by atoms with Gasteiger partial charge in [0.2, 0.25) is 0 Å². The zero-order valence-corrected chi connectivity index (χ0v) is 10.1. The lowest BCUT2D eigenvalue weighted by atomic mass is 9.47. The minimum Gasteiger partial charge on any atom is -0.299 e. The molecule has 1 aromatic carbocycles. The van der Waals surface area contributed by atoms with Gasteiger partial charge in [-0.1, -0.05) is 34.5 Å². The Hall–Kier alpha value is -0.630. The third kappa shape index (κ3) is 1.24. The molecule has 0 aromatic heterocycles. The average molecular weight is 265 g/mol. The van der Waals surface area contributed by atoms with Crippen LogP contribution in [0.3, 0.4) is 0 Å². The van der Waals surface area contributed by atoms with Crippen molar-refractivity contribution in [1.82, 2.24) is 0 Å². The summed E-state index contributed by atoms with van der Waals surface area (Å²) in [5.41, 5.74) is 1.39. The molecule has 2 aliphatic rings. The van der Waals surface area contributed by atoms with Crippen LogP contribution >= 0.6 is 15.9 Å². The minimum atomic E-state index is 0.0563. The van der Waals surface area contributed by atoms with Gasteiger partial charge < -0.3 is 0 Å². The Morgan fingerprint density at radius 3 is 2.67 bits per heavy atom. The molecule has 2 aliphatic carbocycles. The number of carbonyl (C=O) groups excluding carboxylic acids is 1. The maximum absolute atomic E-state index is 11.7. The van der Waals surface area contributed by atoms with E-state index >= 15 is 0 Å². The average Bonchev–Trinajstić information content (AvgIpc) is 2.11. The topological polar surface area (TPSA) is 17.1 Å². The van der Waals surface area contributed by atoms with Crippen LogP contribution in [0.15, 0.2) is 28.7 Å². The highest BCUT2D eigenvalue weighted by Crippen LogP contribution is 2.61. The molecule has 1 spiro atoms. The molecule has 78 valence electrons. The molecule has 1 aromatic rings. The van der Waals surface area contributed by atoms with E-state index in [1.807, 2.05) is 6.07 Å². The minimum absolute atomic E-state index is 0.0563. The monoisotopic (exact) mass is 264 g/mol. The standard InChI is InChI=1S/C13H13BrO/c14-10-4-1-3-9(7-10)11-8-12(15)13(11)5-2-6-13/h1,3-4,7,11H,2,5-6,8H2. The largest absolute Gasteiger partial charge is 0.299 e. The maximum Gasteiger partial charge on any atom is 0.140 e. The molecule has 0 amide bonds. The van der Waals surface area contributed by atoms with Crippen molar-refractivity contribution in [2.45, 2.75) is 31.6 Å². The second kappa shape index (κ2) is 3.18. The summed E-state index contributed by atoms with van der Waals surface area (Å²) in [7, 11) is 0. The number of halogens is 1. The van der Waals surface area contributed by atoms with Crippen molar-refractivity contribution in [2.24, 2.45) is 5.41 Å². The van der Waals surface area contributed by atoms with Crippen molar-refractivity contribution in [3.05, 3.63) is 34.3 Å². The van der Waals surface area contributed by atoms with Gasteiger partial charge in [-0.2, -0.15) is 0 Å². The summed E-state index contributed by atoms with van der Waals surface area (Å²) in [6.45, 7) is 0. The number of hydrogen-bond acceptors (Lipinski definition) is 1. The molecule has 0 saturated heterocycles. The van der Waals surface area contributed by atoms with Crippen molar-refractivity contribution in [2.75, 3.05) is 0 Å². The number of ketones is 1. The van der Waals surface area contributed by atoms with Gasteiger partial charge in [0.05, 0.1) is 0 Å². The highest BCUT2D eigenvalue weighted by Gasteiger charge is 2.58. The highest BCUT2D eigenvalue weighted by atomic mass is 79.9. The van der Waals surface area contributed by atoms with Crippen LogP contribution in [0, 0.1) is 5.41 Å². The van der Waals surface area contributed by atoms with Crippen molar-refractivity contribution in [3.63, 3.8) is 0 Å². The van der Waals surface area contributed by atoms with E-state index in [-0.39, 0.29) is 5.41 Å². The van der Waals surface area contributed by atoms with E-state index in [2.05, 4.69) is 34.1 Å². The molecule has 3 rings (SSSR count). The first-order valence-corrected chi connectivity index (χ1v) is 6.30. The van der Waals surface area contributed by atoms with E-state index < -0.39 is 0 Å². The van der Waals surface area contributed by atoms with Crippen molar-refractivity contribution >= 4 is 21.7 Å². The number of Topliss-reactive ketones (excluding diaryl/α,β-unsaturated/α-hetero) is 1. The second-order valence-electron chi connectivity index (χ2n) is 4.74. The van der Waals surface area contributed by atoms with E-state index in [1.165, 1.54) is 12.0 Å². The molecule has 2 saturated carbocycles. The van der Waals surface area contributed by atoms with Crippen LogP contribution in [0.1, 0.15) is 37.2 Å². The fourth-order valence-corrected chi connectivity index (χ4v) is 3.41. The molecule has 1 nitrogen and oxygen atoms in total. The van der Waals surface area contributed by atoms with Gasteiger partial charge in [-0.25, -0.2) is 0 Å². The third-order valence-electron chi connectivity index (χ3n) is 4.11. The quantitative estimate of drug-likeness (QED) is 0.757. The zero-order chi connectivity index (χ0) is 10.5. The van der Waals surface area contributed by atoms with E-state index in [9.17, 15) is 4.79 Å². The molecule has 2 heteroatoms. The van der Waals surface area contributed by atoms with Gasteiger partial charge >= 0.3 is 0 Å². The predicted molar refractivity (Wildman–Crippen MR) is 62.8 cm³/mol. The molecule has 0 radical (unpaired) electrons. The Morgan fingerprint density at radius 2 is 2.13 bits per heavy atom. The maximum atomic E-state index is 11.7. The molecule has 0 heterocycles. The lowest BCUT2D eigenvalue weighted by Gasteiger charge is -2.54. The molecular formula is C13H13BrO. The number of rotatable bonds is 1. The van der Waals surface area contributed by atoms with Crippen LogP contribution in [0.2, 0.25) is 0 Å². The van der Waals surface area contributed by atoms with Gasteiger partial charge in [0.1, 0.15) is 5.78 Å². The molecule has 0 aliphatic heterocycles. The third-order valence-corrected chi connectivity index (χ3v) is 4.60. The van der Waals surface area contributed by atoms with Crippen molar-refractivity contribution in [3.8, 4) is 0 Å². The molecular weight excluding hydrogens is 252 g/mol. The summed E-state index contributed by atoms with van der Waals surface area (Å²) in [5, 5.41) is 0. The predicted octanol–water partition coefficient (Wildman–Crippen LogP) is 3.68. The Labute approximate surface area is 98.0 Å². The van der Waals surface area contributed by atoms with Gasteiger partial charge in [0.25, 0.3) is 0 Å². The molecule has 15 heavy (non-hydrogen) atoms. The van der Waals surface area contributed by atoms with Gasteiger partial charge in [-0.05, 0) is 30.5 Å². The highest BCUT2D eigenvalue weighted by molar-refractivity contribution is 9.10. The van der Waals surface area contributed by atoms with Gasteiger partial charge in [-0.15, -0.1) is 0 Å². The normalized spacial score (nSPS) is 27.3. The summed E-state index contributed by atoms with van der Waals surface area (Å²) >= 11 is 3.49. The van der Waals surface area contributed by atoms with Crippen LogP contribution in [0.25, 0.3) is 0 Å². The fourth-order valence-electron chi connectivity index (χ4n) is 2.99.